The SMILES string of the molecule is c1ccc(CCC(CCCCCCC2CCCCO2)SC(CCCCCCC2CCCCO2)CCc2ccccc2)cc1. The molecule has 4 atom stereocenters. The van der Waals surface area contributed by atoms with Crippen LogP contribution in [0.25, 0.3) is 0 Å². The summed E-state index contributed by atoms with van der Waals surface area (Å²) in [6.07, 6.45) is 30.3. The summed E-state index contributed by atoms with van der Waals surface area (Å²) in [4.78, 5) is 0. The molecule has 0 saturated carbocycles. The van der Waals surface area contributed by atoms with Crippen molar-refractivity contribution in [3.63, 3.8) is 0 Å². The molecule has 2 aromatic carbocycles. The maximum Gasteiger partial charge on any atom is 0.0575 e. The summed E-state index contributed by atoms with van der Waals surface area (Å²) in [6, 6.07) is 22.4. The molecule has 2 aliphatic heterocycles. The van der Waals surface area contributed by atoms with Crippen molar-refractivity contribution in [2.45, 2.75) is 164 Å². The Morgan fingerprint density at radius 3 is 1.37 bits per heavy atom. The Bertz CT molecular complexity index is 831. The Morgan fingerprint density at radius 2 is 0.953 bits per heavy atom. The monoisotopic (exact) mass is 606 g/mol. The van der Waals surface area contributed by atoms with Gasteiger partial charge < -0.3 is 9.47 Å². The van der Waals surface area contributed by atoms with Crippen molar-refractivity contribution in [3.05, 3.63) is 71.8 Å². The maximum absolute atomic E-state index is 5.97. The lowest BCUT2D eigenvalue weighted by Gasteiger charge is -2.25. The van der Waals surface area contributed by atoms with Gasteiger partial charge in [0.15, 0.2) is 0 Å². The second kappa shape index (κ2) is 22.3. The molecule has 4 unspecified atom stereocenters. The predicted molar refractivity (Wildman–Crippen MR) is 187 cm³/mol. The zero-order valence-corrected chi connectivity index (χ0v) is 28.1. The second-order valence-corrected chi connectivity index (χ2v) is 15.0. The Kier molecular flexibility index (Phi) is 17.9. The average molecular weight is 607 g/mol. The normalized spacial score (nSPS) is 20.6. The lowest BCUT2D eigenvalue weighted by atomic mass is 10.0. The Hall–Kier alpha value is -1.29. The molecule has 2 fully saturated rings. The van der Waals surface area contributed by atoms with Crippen LogP contribution in [0.15, 0.2) is 60.7 Å². The maximum atomic E-state index is 5.97. The van der Waals surface area contributed by atoms with Crippen molar-refractivity contribution in [2.24, 2.45) is 0 Å². The van der Waals surface area contributed by atoms with Crippen molar-refractivity contribution in [1.29, 1.82) is 0 Å². The third kappa shape index (κ3) is 15.5. The minimum atomic E-state index is 0.550. The minimum absolute atomic E-state index is 0.550. The number of unbranched alkanes of at least 4 members (excludes halogenated alkanes) is 6. The van der Waals surface area contributed by atoms with E-state index in [2.05, 4.69) is 72.4 Å². The summed E-state index contributed by atoms with van der Waals surface area (Å²) in [5.74, 6) is 0. The van der Waals surface area contributed by atoms with E-state index in [1.807, 2.05) is 0 Å². The summed E-state index contributed by atoms with van der Waals surface area (Å²) in [5.41, 5.74) is 3.01. The third-order valence-corrected chi connectivity index (χ3v) is 11.4. The highest BCUT2D eigenvalue weighted by Crippen LogP contribution is 2.33. The lowest BCUT2D eigenvalue weighted by molar-refractivity contribution is 0.00964. The van der Waals surface area contributed by atoms with Crippen LogP contribution in [0.2, 0.25) is 0 Å². The van der Waals surface area contributed by atoms with Gasteiger partial charge in [0.2, 0.25) is 0 Å². The van der Waals surface area contributed by atoms with Crippen LogP contribution >= 0.6 is 11.8 Å². The number of aryl methyl sites for hydroxylation is 2. The molecule has 240 valence electrons. The van der Waals surface area contributed by atoms with Crippen LogP contribution < -0.4 is 0 Å². The molecule has 0 N–H and O–H groups in total. The van der Waals surface area contributed by atoms with Gasteiger partial charge in [0.05, 0.1) is 12.2 Å². The zero-order valence-electron chi connectivity index (χ0n) is 27.3. The molecule has 0 spiro atoms. The molecule has 0 bridgehead atoms. The zero-order chi connectivity index (χ0) is 29.6. The van der Waals surface area contributed by atoms with E-state index < -0.39 is 0 Å². The molecule has 2 aromatic rings. The smallest absolute Gasteiger partial charge is 0.0575 e. The van der Waals surface area contributed by atoms with E-state index in [1.165, 1.54) is 152 Å². The summed E-state index contributed by atoms with van der Waals surface area (Å²) in [7, 11) is 0. The Labute approximate surface area is 269 Å². The van der Waals surface area contributed by atoms with Crippen LogP contribution in [0, 0.1) is 0 Å². The van der Waals surface area contributed by atoms with E-state index in [0.29, 0.717) is 12.2 Å². The number of ether oxygens (including phenoxy) is 2. The van der Waals surface area contributed by atoms with Crippen LogP contribution in [-0.4, -0.2) is 35.9 Å². The van der Waals surface area contributed by atoms with Crippen LogP contribution in [0.1, 0.15) is 140 Å². The molecule has 2 aliphatic rings. The molecule has 3 heteroatoms. The number of hydrogen-bond donors (Lipinski definition) is 0. The van der Waals surface area contributed by atoms with Crippen LogP contribution in [0.5, 0.6) is 0 Å². The molecule has 4 rings (SSSR count). The minimum Gasteiger partial charge on any atom is -0.378 e. The summed E-state index contributed by atoms with van der Waals surface area (Å²) >= 11 is 2.36. The largest absolute Gasteiger partial charge is 0.378 e. The highest BCUT2D eigenvalue weighted by molar-refractivity contribution is 8.00. The van der Waals surface area contributed by atoms with Gasteiger partial charge in [0.1, 0.15) is 0 Å². The molecule has 0 aliphatic carbocycles. The van der Waals surface area contributed by atoms with E-state index >= 15 is 0 Å². The van der Waals surface area contributed by atoms with Gasteiger partial charge in [0, 0.05) is 23.7 Å². The fourth-order valence-electron chi connectivity index (χ4n) is 7.04. The molecule has 0 radical (unpaired) electrons. The van der Waals surface area contributed by atoms with E-state index in [1.54, 1.807) is 0 Å². The summed E-state index contributed by atoms with van der Waals surface area (Å²) in [5, 5.41) is 1.54. The first-order chi connectivity index (χ1) is 21.3. The van der Waals surface area contributed by atoms with E-state index in [9.17, 15) is 0 Å². The van der Waals surface area contributed by atoms with Crippen LogP contribution in [-0.2, 0) is 22.3 Å². The van der Waals surface area contributed by atoms with Crippen molar-refractivity contribution < 1.29 is 9.47 Å². The van der Waals surface area contributed by atoms with Gasteiger partial charge in [-0.3, -0.25) is 0 Å². The van der Waals surface area contributed by atoms with Gasteiger partial charge in [-0.05, 0) is 101 Å². The van der Waals surface area contributed by atoms with Gasteiger partial charge in [-0.1, -0.05) is 112 Å². The van der Waals surface area contributed by atoms with E-state index in [0.717, 1.165) is 23.7 Å². The molecule has 43 heavy (non-hydrogen) atoms. The van der Waals surface area contributed by atoms with Gasteiger partial charge in [0.25, 0.3) is 0 Å². The first-order valence-electron chi connectivity index (χ1n) is 18.3. The Morgan fingerprint density at radius 1 is 0.512 bits per heavy atom. The number of rotatable bonds is 22. The number of hydrogen-bond acceptors (Lipinski definition) is 3. The van der Waals surface area contributed by atoms with E-state index in [-0.39, 0.29) is 0 Å². The van der Waals surface area contributed by atoms with Gasteiger partial charge in [-0.2, -0.15) is 11.8 Å². The fourth-order valence-corrected chi connectivity index (χ4v) is 8.70. The summed E-state index contributed by atoms with van der Waals surface area (Å²) < 4.78 is 11.9. The third-order valence-electron chi connectivity index (χ3n) is 9.73. The van der Waals surface area contributed by atoms with Crippen molar-refractivity contribution in [1.82, 2.24) is 0 Å². The number of benzene rings is 2. The molecular formula is C40H62O2S. The standard InChI is InChI=1S/C40H62O2S/c1(11-23-37-25-15-17-33-41-37)3-13-27-39(31-29-35-19-7-5-8-20-35)43-40(32-30-36-21-9-6-10-22-36)28-14-4-2-12-24-38-26-16-18-34-42-38/h5-10,19-22,37-40H,1-4,11-18,23-34H2. The molecule has 0 aromatic heterocycles. The molecule has 2 saturated heterocycles. The molecule has 2 heterocycles. The highest BCUT2D eigenvalue weighted by atomic mass is 32.2. The fraction of sp³-hybridized carbons (Fsp3) is 0.700. The van der Waals surface area contributed by atoms with Gasteiger partial charge in [-0.25, -0.2) is 0 Å². The second-order valence-electron chi connectivity index (χ2n) is 13.4. The van der Waals surface area contributed by atoms with Crippen LogP contribution in [0.3, 0.4) is 0 Å². The first kappa shape index (κ1) is 34.6. The average Bonchev–Trinajstić information content (AvgIpc) is 3.07. The highest BCUT2D eigenvalue weighted by Gasteiger charge is 2.19. The molecule has 2 nitrogen and oxygen atoms in total. The van der Waals surface area contributed by atoms with Crippen molar-refractivity contribution >= 4 is 11.8 Å². The van der Waals surface area contributed by atoms with Crippen LogP contribution in [0.4, 0.5) is 0 Å². The quantitative estimate of drug-likeness (QED) is 0.124. The Balaban J connectivity index is 1.22. The summed E-state index contributed by atoms with van der Waals surface area (Å²) in [6.45, 7) is 1.98. The number of thioether (sulfide) groups is 1. The lowest BCUT2D eigenvalue weighted by Crippen LogP contribution is -2.18. The molecule has 0 amide bonds. The van der Waals surface area contributed by atoms with E-state index in [4.69, 9.17) is 9.47 Å². The first-order valence-corrected chi connectivity index (χ1v) is 19.3. The van der Waals surface area contributed by atoms with Gasteiger partial charge in [-0.15, -0.1) is 0 Å². The predicted octanol–water partition coefficient (Wildman–Crippen LogP) is 11.5. The topological polar surface area (TPSA) is 18.5 Å². The molecular weight excluding hydrogens is 545 g/mol. The van der Waals surface area contributed by atoms with Gasteiger partial charge >= 0.3 is 0 Å². The van der Waals surface area contributed by atoms with Crippen molar-refractivity contribution in [3.8, 4) is 0 Å². The van der Waals surface area contributed by atoms with Crippen molar-refractivity contribution in [2.75, 3.05) is 13.2 Å².